The van der Waals surface area contributed by atoms with Gasteiger partial charge >= 0.3 is 0 Å². The van der Waals surface area contributed by atoms with Crippen molar-refractivity contribution in [3.8, 4) is 5.69 Å². The van der Waals surface area contributed by atoms with Crippen molar-refractivity contribution in [2.75, 3.05) is 0 Å². The van der Waals surface area contributed by atoms with Crippen LogP contribution in [0.5, 0.6) is 0 Å². The third kappa shape index (κ3) is 4.23. The molecule has 1 aromatic carbocycles. The van der Waals surface area contributed by atoms with E-state index in [1.54, 1.807) is 23.0 Å². The van der Waals surface area contributed by atoms with Crippen molar-refractivity contribution in [1.29, 1.82) is 0 Å². The van der Waals surface area contributed by atoms with Crippen molar-refractivity contribution in [3.63, 3.8) is 0 Å². The summed E-state index contributed by atoms with van der Waals surface area (Å²) in [4.78, 5) is 12.6. The molecule has 0 saturated heterocycles. The predicted molar refractivity (Wildman–Crippen MR) is 108 cm³/mol. The molecule has 152 valence electrons. The van der Waals surface area contributed by atoms with Gasteiger partial charge in [-0.1, -0.05) is 13.8 Å². The molecule has 1 amide bonds. The molecule has 0 radical (unpaired) electrons. The Bertz CT molecular complexity index is 1020. The number of rotatable bonds is 5. The molecule has 7 heteroatoms. The van der Waals surface area contributed by atoms with Crippen molar-refractivity contribution >= 4 is 5.91 Å². The molecular formula is C22H26FN5O. The number of amides is 1. The number of carbonyl (C=O) groups is 1. The highest BCUT2D eigenvalue weighted by Gasteiger charge is 2.35. The number of aromatic nitrogens is 4. The van der Waals surface area contributed by atoms with Gasteiger partial charge in [0, 0.05) is 25.2 Å². The Kier molecular flexibility index (Phi) is 4.98. The average Bonchev–Trinajstić information content (AvgIpc) is 3.26. The minimum atomic E-state index is -0.270. The maximum atomic E-state index is 13.3. The van der Waals surface area contributed by atoms with Gasteiger partial charge in [-0.15, -0.1) is 0 Å². The Morgan fingerprint density at radius 2 is 2.00 bits per heavy atom. The van der Waals surface area contributed by atoms with Gasteiger partial charge in [0.25, 0.3) is 0 Å². The summed E-state index contributed by atoms with van der Waals surface area (Å²) < 4.78 is 16.9. The highest BCUT2D eigenvalue weighted by molar-refractivity contribution is 5.76. The van der Waals surface area contributed by atoms with Gasteiger partial charge in [0.2, 0.25) is 5.91 Å². The average molecular weight is 395 g/mol. The second-order valence-corrected chi connectivity index (χ2v) is 8.62. The Morgan fingerprint density at radius 3 is 2.69 bits per heavy atom. The quantitative estimate of drug-likeness (QED) is 0.719. The Balaban J connectivity index is 1.53. The molecule has 0 fully saturated rings. The van der Waals surface area contributed by atoms with E-state index in [9.17, 15) is 9.18 Å². The van der Waals surface area contributed by atoms with Gasteiger partial charge in [-0.25, -0.2) is 9.07 Å². The lowest BCUT2D eigenvalue weighted by Crippen LogP contribution is -2.36. The lowest BCUT2D eigenvalue weighted by molar-refractivity contribution is -0.122. The van der Waals surface area contributed by atoms with Gasteiger partial charge in [0.15, 0.2) is 0 Å². The van der Waals surface area contributed by atoms with Gasteiger partial charge in [0.05, 0.1) is 29.8 Å². The van der Waals surface area contributed by atoms with Crippen LogP contribution in [0.1, 0.15) is 49.6 Å². The van der Waals surface area contributed by atoms with Crippen molar-refractivity contribution in [2.24, 2.45) is 12.5 Å². The molecular weight excluding hydrogens is 369 g/mol. The normalized spacial score (nSPS) is 17.7. The minimum Gasteiger partial charge on any atom is -0.349 e. The van der Waals surface area contributed by atoms with Crippen LogP contribution < -0.4 is 5.32 Å². The third-order valence-electron chi connectivity index (χ3n) is 5.48. The van der Waals surface area contributed by atoms with E-state index in [0.717, 1.165) is 35.3 Å². The van der Waals surface area contributed by atoms with Crippen LogP contribution in [0.4, 0.5) is 4.39 Å². The lowest BCUT2D eigenvalue weighted by Gasteiger charge is -2.36. The van der Waals surface area contributed by atoms with E-state index < -0.39 is 0 Å². The van der Waals surface area contributed by atoms with Gasteiger partial charge in [-0.3, -0.25) is 9.48 Å². The first-order valence-corrected chi connectivity index (χ1v) is 9.90. The third-order valence-corrected chi connectivity index (χ3v) is 5.48. The Morgan fingerprint density at radius 1 is 1.24 bits per heavy atom. The molecule has 6 nitrogen and oxygen atoms in total. The molecule has 1 atom stereocenters. The first-order chi connectivity index (χ1) is 13.8. The van der Waals surface area contributed by atoms with E-state index in [4.69, 9.17) is 0 Å². The van der Waals surface area contributed by atoms with Crippen LogP contribution in [0.15, 0.2) is 42.9 Å². The molecule has 0 spiro atoms. The van der Waals surface area contributed by atoms with E-state index in [-0.39, 0.29) is 23.2 Å². The molecule has 29 heavy (non-hydrogen) atoms. The molecule has 2 aromatic heterocycles. The molecule has 3 aromatic rings. The van der Waals surface area contributed by atoms with Crippen LogP contribution >= 0.6 is 0 Å². The molecule has 0 aliphatic heterocycles. The second kappa shape index (κ2) is 7.46. The molecule has 1 N–H and O–H groups in total. The number of aryl methyl sites for hydroxylation is 2. The maximum Gasteiger partial charge on any atom is 0.220 e. The van der Waals surface area contributed by atoms with Crippen LogP contribution in [0, 0.1) is 11.2 Å². The van der Waals surface area contributed by atoms with Gasteiger partial charge in [-0.05, 0) is 54.5 Å². The minimum absolute atomic E-state index is 0.0200. The van der Waals surface area contributed by atoms with Crippen LogP contribution in [-0.2, 0) is 24.7 Å². The summed E-state index contributed by atoms with van der Waals surface area (Å²) in [6, 6.07) is 6.26. The summed E-state index contributed by atoms with van der Waals surface area (Å²) in [6.07, 6.45) is 8.35. The van der Waals surface area contributed by atoms with E-state index in [2.05, 4.69) is 29.4 Å². The molecule has 2 heterocycles. The number of benzene rings is 1. The zero-order valence-corrected chi connectivity index (χ0v) is 17.0. The van der Waals surface area contributed by atoms with Gasteiger partial charge in [0.1, 0.15) is 5.82 Å². The van der Waals surface area contributed by atoms with Crippen LogP contribution in [0.3, 0.4) is 0 Å². The van der Waals surface area contributed by atoms with Crippen molar-refractivity contribution < 1.29 is 9.18 Å². The Labute approximate surface area is 169 Å². The Hall–Kier alpha value is -2.96. The number of halogens is 1. The highest BCUT2D eigenvalue weighted by Crippen LogP contribution is 2.41. The predicted octanol–water partition coefficient (Wildman–Crippen LogP) is 3.51. The van der Waals surface area contributed by atoms with Crippen LogP contribution in [0.2, 0.25) is 0 Å². The SMILES string of the molecule is Cn1cc(CCC(=O)N[C@@H]2CC(C)(C)Cc3c2cnn3-c2ccc(F)cc2)cn1. The number of hydrogen-bond donors (Lipinski definition) is 1. The second-order valence-electron chi connectivity index (χ2n) is 8.62. The fourth-order valence-electron chi connectivity index (χ4n) is 4.10. The highest BCUT2D eigenvalue weighted by atomic mass is 19.1. The van der Waals surface area contributed by atoms with Crippen molar-refractivity contribution in [2.45, 2.75) is 45.6 Å². The number of fused-ring (bicyclic) bond motifs is 1. The van der Waals surface area contributed by atoms with Crippen molar-refractivity contribution in [3.05, 3.63) is 65.5 Å². The van der Waals surface area contributed by atoms with Crippen molar-refractivity contribution in [1.82, 2.24) is 24.9 Å². The monoisotopic (exact) mass is 395 g/mol. The van der Waals surface area contributed by atoms with E-state index >= 15 is 0 Å². The summed E-state index contributed by atoms with van der Waals surface area (Å²) >= 11 is 0. The molecule has 0 saturated carbocycles. The first-order valence-electron chi connectivity index (χ1n) is 9.90. The molecule has 1 aliphatic carbocycles. The zero-order chi connectivity index (χ0) is 20.6. The largest absolute Gasteiger partial charge is 0.349 e. The fourth-order valence-corrected chi connectivity index (χ4v) is 4.10. The van der Waals surface area contributed by atoms with E-state index in [0.29, 0.717) is 12.8 Å². The van der Waals surface area contributed by atoms with Crippen LogP contribution in [-0.4, -0.2) is 25.5 Å². The molecule has 0 unspecified atom stereocenters. The first kappa shape index (κ1) is 19.4. The topological polar surface area (TPSA) is 64.7 Å². The number of nitrogens with zero attached hydrogens (tertiary/aromatic N) is 4. The van der Waals surface area contributed by atoms with Gasteiger partial charge < -0.3 is 5.32 Å². The molecule has 4 rings (SSSR count). The zero-order valence-electron chi connectivity index (χ0n) is 17.0. The summed E-state index contributed by atoms with van der Waals surface area (Å²) in [5.74, 6) is -0.245. The number of carbonyl (C=O) groups excluding carboxylic acids is 1. The lowest BCUT2D eigenvalue weighted by atomic mass is 9.74. The smallest absolute Gasteiger partial charge is 0.220 e. The summed E-state index contributed by atoms with van der Waals surface area (Å²) in [7, 11) is 1.87. The molecule has 1 aliphatic rings. The summed E-state index contributed by atoms with van der Waals surface area (Å²) in [5, 5.41) is 11.9. The maximum absolute atomic E-state index is 13.3. The van der Waals surface area contributed by atoms with E-state index in [1.807, 2.05) is 24.1 Å². The van der Waals surface area contributed by atoms with Crippen LogP contribution in [0.25, 0.3) is 5.69 Å². The number of hydrogen-bond acceptors (Lipinski definition) is 3. The fraction of sp³-hybridized carbons (Fsp3) is 0.409. The summed E-state index contributed by atoms with van der Waals surface area (Å²) in [5.41, 5.74) is 4.02. The standard InChI is InChI=1S/C22H26FN5O/c1-22(2)10-19(26-21(29)9-4-15-12-24-27(3)14-15)18-13-25-28(20(18)11-22)17-7-5-16(23)6-8-17/h5-8,12-14,19H,4,9-11H2,1-3H3,(H,26,29)/t19-/m1/s1. The van der Waals surface area contributed by atoms with E-state index in [1.165, 1.54) is 12.1 Å². The van der Waals surface area contributed by atoms with Gasteiger partial charge in [-0.2, -0.15) is 10.2 Å². The summed E-state index contributed by atoms with van der Waals surface area (Å²) in [6.45, 7) is 4.40. The number of nitrogens with one attached hydrogen (secondary N) is 1. The molecule has 0 bridgehead atoms.